The quantitative estimate of drug-likeness (QED) is 0.529. The van der Waals surface area contributed by atoms with Crippen LogP contribution in [0, 0.1) is 5.92 Å². The summed E-state index contributed by atoms with van der Waals surface area (Å²) in [6.45, 7) is 3.81. The van der Waals surface area contributed by atoms with Crippen LogP contribution in [0.2, 0.25) is 0 Å². The van der Waals surface area contributed by atoms with Crippen molar-refractivity contribution in [2.75, 3.05) is 7.11 Å². The summed E-state index contributed by atoms with van der Waals surface area (Å²) in [5, 5.41) is 14.2. The smallest absolute Gasteiger partial charge is 0.328 e. The van der Waals surface area contributed by atoms with Gasteiger partial charge >= 0.3 is 11.9 Å². The van der Waals surface area contributed by atoms with E-state index >= 15 is 0 Å². The van der Waals surface area contributed by atoms with Gasteiger partial charge in [0, 0.05) is 12.0 Å². The maximum absolute atomic E-state index is 12.1. The molecule has 0 unspecified atom stereocenters. The van der Waals surface area contributed by atoms with Crippen LogP contribution >= 0.6 is 0 Å². The highest BCUT2D eigenvalue weighted by Crippen LogP contribution is 2.08. The number of carboxylic acids is 1. The minimum absolute atomic E-state index is 0.102. The minimum Gasteiger partial charge on any atom is -0.480 e. The normalized spacial score (nSPS) is 12.7. The Hall–Kier alpha value is -2.90. The zero-order valence-corrected chi connectivity index (χ0v) is 15.7. The Morgan fingerprint density at radius 3 is 2.19 bits per heavy atom. The molecule has 8 heteroatoms. The molecular weight excluding hydrogens is 352 g/mol. The Morgan fingerprint density at radius 1 is 1.04 bits per heavy atom. The van der Waals surface area contributed by atoms with Crippen LogP contribution in [0.1, 0.15) is 43.5 Å². The van der Waals surface area contributed by atoms with E-state index in [0.717, 1.165) is 0 Å². The van der Waals surface area contributed by atoms with Crippen LogP contribution in [0.25, 0.3) is 0 Å². The summed E-state index contributed by atoms with van der Waals surface area (Å²) >= 11 is 0. The number of benzene rings is 1. The molecule has 0 aliphatic rings. The lowest BCUT2D eigenvalue weighted by Gasteiger charge is -2.19. The summed E-state index contributed by atoms with van der Waals surface area (Å²) in [4.78, 5) is 47.3. The fourth-order valence-electron chi connectivity index (χ4n) is 2.46. The van der Waals surface area contributed by atoms with Crippen LogP contribution in [0.3, 0.4) is 0 Å². The van der Waals surface area contributed by atoms with Gasteiger partial charge in [-0.05, 0) is 30.9 Å². The van der Waals surface area contributed by atoms with Crippen LogP contribution in [-0.2, 0) is 19.1 Å². The number of nitrogens with one attached hydrogen (secondary N) is 2. The molecule has 1 rings (SSSR count). The predicted octanol–water partition coefficient (Wildman–Crippen LogP) is 1.35. The zero-order valence-electron chi connectivity index (χ0n) is 15.7. The molecule has 2 amide bonds. The highest BCUT2D eigenvalue weighted by molar-refractivity contribution is 5.96. The number of hydrogen-bond acceptors (Lipinski definition) is 5. The lowest BCUT2D eigenvalue weighted by Crippen LogP contribution is -2.44. The molecule has 3 N–H and O–H groups in total. The van der Waals surface area contributed by atoms with Gasteiger partial charge < -0.3 is 20.5 Å². The number of carbonyl (C=O) groups excluding carboxylic acids is 3. The van der Waals surface area contributed by atoms with E-state index in [2.05, 4.69) is 15.4 Å². The van der Waals surface area contributed by atoms with Crippen molar-refractivity contribution in [2.45, 2.75) is 45.2 Å². The zero-order chi connectivity index (χ0) is 20.4. The minimum atomic E-state index is -1.24. The molecule has 0 radical (unpaired) electrons. The highest BCUT2D eigenvalue weighted by Gasteiger charge is 2.25. The largest absolute Gasteiger partial charge is 0.480 e. The summed E-state index contributed by atoms with van der Waals surface area (Å²) in [5.74, 6) is -2.64. The second kappa shape index (κ2) is 10.9. The Balaban J connectivity index is 2.62. The molecular formula is C19H26N2O6. The average Bonchev–Trinajstić information content (AvgIpc) is 2.63. The van der Waals surface area contributed by atoms with E-state index in [1.165, 1.54) is 7.11 Å². The van der Waals surface area contributed by atoms with Crippen molar-refractivity contribution < 1.29 is 29.0 Å². The molecule has 148 valence electrons. The molecule has 0 heterocycles. The van der Waals surface area contributed by atoms with Gasteiger partial charge in [-0.3, -0.25) is 9.59 Å². The van der Waals surface area contributed by atoms with Crippen LogP contribution in [0.15, 0.2) is 30.3 Å². The molecule has 2 atom stereocenters. The third-order valence-corrected chi connectivity index (χ3v) is 3.83. The van der Waals surface area contributed by atoms with E-state index in [-0.39, 0.29) is 18.8 Å². The molecule has 0 saturated carbocycles. The van der Waals surface area contributed by atoms with E-state index in [4.69, 9.17) is 0 Å². The van der Waals surface area contributed by atoms with Crippen LogP contribution in [0.4, 0.5) is 0 Å². The first-order valence-electron chi connectivity index (χ1n) is 8.70. The summed E-state index contributed by atoms with van der Waals surface area (Å²) in [7, 11) is 1.24. The molecule has 0 aliphatic carbocycles. The number of carboxylic acid groups (broad SMARTS) is 1. The van der Waals surface area contributed by atoms with Gasteiger partial charge in [0.2, 0.25) is 5.91 Å². The van der Waals surface area contributed by atoms with Crippen molar-refractivity contribution in [3.63, 3.8) is 0 Å². The van der Waals surface area contributed by atoms with Gasteiger partial charge in [-0.2, -0.15) is 0 Å². The summed E-state index contributed by atoms with van der Waals surface area (Å²) in [6, 6.07) is 6.20. The number of esters is 1. The third-order valence-electron chi connectivity index (χ3n) is 3.83. The summed E-state index contributed by atoms with van der Waals surface area (Å²) in [5.41, 5.74) is 0.330. The van der Waals surface area contributed by atoms with E-state index < -0.39 is 35.8 Å². The van der Waals surface area contributed by atoms with Crippen molar-refractivity contribution in [2.24, 2.45) is 5.92 Å². The fourth-order valence-corrected chi connectivity index (χ4v) is 2.46. The van der Waals surface area contributed by atoms with E-state index in [9.17, 15) is 24.3 Å². The topological polar surface area (TPSA) is 122 Å². The van der Waals surface area contributed by atoms with E-state index in [0.29, 0.717) is 12.0 Å². The Morgan fingerprint density at radius 2 is 1.67 bits per heavy atom. The van der Waals surface area contributed by atoms with Crippen LogP contribution in [-0.4, -0.2) is 48.1 Å². The monoisotopic (exact) mass is 378 g/mol. The number of hydrogen-bond donors (Lipinski definition) is 3. The molecule has 0 bridgehead atoms. The first-order valence-corrected chi connectivity index (χ1v) is 8.70. The molecule has 1 aromatic rings. The molecule has 0 fully saturated rings. The number of rotatable bonds is 10. The lowest BCUT2D eigenvalue weighted by atomic mass is 10.0. The standard InChI is InChI=1S/C19H26N2O6/c1-12(2)11-15(19(26)27-3)20-16(22)10-9-14(18(24)25)21-17(23)13-7-5-4-6-8-13/h4-8,12,14-15H,9-11H2,1-3H3,(H,20,22)(H,21,23)(H,24,25)/t14-,15-/m0/s1. The molecule has 0 aromatic heterocycles. The van der Waals surface area contributed by atoms with Crippen LogP contribution < -0.4 is 10.6 Å². The van der Waals surface area contributed by atoms with Gasteiger partial charge in [0.15, 0.2) is 0 Å². The average molecular weight is 378 g/mol. The van der Waals surface area contributed by atoms with E-state index in [1.807, 2.05) is 13.8 Å². The van der Waals surface area contributed by atoms with Gasteiger partial charge in [-0.1, -0.05) is 32.0 Å². The van der Waals surface area contributed by atoms with Crippen molar-refractivity contribution in [1.29, 1.82) is 0 Å². The van der Waals surface area contributed by atoms with Gasteiger partial charge in [0.1, 0.15) is 12.1 Å². The van der Waals surface area contributed by atoms with Crippen molar-refractivity contribution >= 4 is 23.8 Å². The molecule has 8 nitrogen and oxygen atoms in total. The molecule has 27 heavy (non-hydrogen) atoms. The van der Waals surface area contributed by atoms with Crippen molar-refractivity contribution in [3.05, 3.63) is 35.9 Å². The highest BCUT2D eigenvalue weighted by atomic mass is 16.5. The Labute approximate surface area is 158 Å². The second-order valence-electron chi connectivity index (χ2n) is 6.54. The van der Waals surface area contributed by atoms with Crippen LogP contribution in [0.5, 0.6) is 0 Å². The first-order chi connectivity index (χ1) is 12.7. The Bertz CT molecular complexity index is 659. The van der Waals surface area contributed by atoms with Crippen molar-refractivity contribution in [1.82, 2.24) is 10.6 Å². The number of aliphatic carboxylic acids is 1. The summed E-state index contributed by atoms with van der Waals surface area (Å²) in [6.07, 6.45) is 0.151. The first kappa shape index (κ1) is 22.1. The van der Waals surface area contributed by atoms with Crippen molar-refractivity contribution in [3.8, 4) is 0 Å². The third kappa shape index (κ3) is 7.89. The number of amides is 2. The maximum atomic E-state index is 12.1. The van der Waals surface area contributed by atoms with Gasteiger partial charge in [-0.25, -0.2) is 9.59 Å². The number of methoxy groups -OCH3 is 1. The predicted molar refractivity (Wildman–Crippen MR) is 98.0 cm³/mol. The lowest BCUT2D eigenvalue weighted by molar-refractivity contribution is -0.145. The second-order valence-corrected chi connectivity index (χ2v) is 6.54. The maximum Gasteiger partial charge on any atom is 0.328 e. The SMILES string of the molecule is COC(=O)[C@H](CC(C)C)NC(=O)CC[C@H](NC(=O)c1ccccc1)C(=O)O. The Kier molecular flexibility index (Phi) is 8.98. The number of carbonyl (C=O) groups is 4. The van der Waals surface area contributed by atoms with E-state index in [1.54, 1.807) is 30.3 Å². The van der Waals surface area contributed by atoms with Gasteiger partial charge in [0.05, 0.1) is 7.11 Å². The molecule has 1 aromatic carbocycles. The summed E-state index contributed by atoms with van der Waals surface area (Å²) < 4.78 is 4.67. The molecule has 0 aliphatic heterocycles. The van der Waals surface area contributed by atoms with Gasteiger partial charge in [-0.15, -0.1) is 0 Å². The van der Waals surface area contributed by atoms with Gasteiger partial charge in [0.25, 0.3) is 5.91 Å². The molecule has 0 saturated heterocycles. The number of ether oxygens (including phenoxy) is 1. The molecule has 0 spiro atoms. The fraction of sp³-hybridized carbons (Fsp3) is 0.474.